The summed E-state index contributed by atoms with van der Waals surface area (Å²) >= 11 is 0. The molecule has 1 aromatic rings. The van der Waals surface area contributed by atoms with Gasteiger partial charge in [0.25, 0.3) is 0 Å². The number of aliphatic hydroxyl groups excluding tert-OH is 1. The fourth-order valence-corrected chi connectivity index (χ4v) is 2.41. The van der Waals surface area contributed by atoms with Gasteiger partial charge in [-0.1, -0.05) is 12.1 Å². The fourth-order valence-electron chi connectivity index (χ4n) is 2.41. The van der Waals surface area contributed by atoms with E-state index >= 15 is 0 Å². The van der Waals surface area contributed by atoms with E-state index in [-0.39, 0.29) is 24.5 Å². The van der Waals surface area contributed by atoms with Crippen molar-refractivity contribution in [2.24, 2.45) is 0 Å². The third kappa shape index (κ3) is 2.79. The molecule has 1 atom stereocenters. The summed E-state index contributed by atoms with van der Waals surface area (Å²) in [5, 5.41) is 20.6. The van der Waals surface area contributed by atoms with Gasteiger partial charge >= 0.3 is 0 Å². The number of Topliss-reactive ketones (excluding diaryl/α,β-unsaturated/α-hetero) is 1. The van der Waals surface area contributed by atoms with Gasteiger partial charge in [-0.2, -0.15) is 0 Å². The molecule has 0 unspecified atom stereocenters. The van der Waals surface area contributed by atoms with E-state index < -0.39 is 10.8 Å². The molecule has 6 heteroatoms. The summed E-state index contributed by atoms with van der Waals surface area (Å²) in [7, 11) is 1.54. The van der Waals surface area contributed by atoms with E-state index in [0.717, 1.165) is 0 Å². The van der Waals surface area contributed by atoms with E-state index in [9.17, 15) is 20.0 Å². The van der Waals surface area contributed by atoms with Crippen molar-refractivity contribution in [2.75, 3.05) is 13.7 Å². The Labute approximate surface area is 115 Å². The molecule has 1 aliphatic rings. The molecular weight excluding hydrogens is 262 g/mol. The minimum Gasteiger partial charge on any atom is -0.504 e. The minimum absolute atomic E-state index is 0.214. The van der Waals surface area contributed by atoms with Crippen molar-refractivity contribution in [3.8, 4) is 5.75 Å². The largest absolute Gasteiger partial charge is 0.504 e. The number of nitrogens with zero attached hydrogens (tertiary/aromatic N) is 1. The number of carbonyl (C=O) groups is 1. The van der Waals surface area contributed by atoms with E-state index in [0.29, 0.717) is 23.3 Å². The lowest BCUT2D eigenvalue weighted by Gasteiger charge is -2.15. The molecule has 0 saturated heterocycles. The maximum absolute atomic E-state index is 11.4. The van der Waals surface area contributed by atoms with Crippen LogP contribution >= 0.6 is 0 Å². The van der Waals surface area contributed by atoms with Gasteiger partial charge in [-0.3, -0.25) is 14.9 Å². The molecule has 6 nitrogen and oxygen atoms in total. The molecule has 1 aromatic carbocycles. The first-order valence-corrected chi connectivity index (χ1v) is 6.24. The average Bonchev–Trinajstić information content (AvgIpc) is 2.76. The zero-order valence-corrected chi connectivity index (χ0v) is 11.0. The van der Waals surface area contributed by atoms with Crippen LogP contribution in [-0.2, 0) is 4.79 Å². The molecule has 0 bridgehead atoms. The molecule has 1 N–H and O–H groups in total. The summed E-state index contributed by atoms with van der Waals surface area (Å²) < 4.78 is 5.04. The Morgan fingerprint density at radius 1 is 1.35 bits per heavy atom. The van der Waals surface area contributed by atoms with Gasteiger partial charge in [-0.05, 0) is 29.7 Å². The van der Waals surface area contributed by atoms with Crippen molar-refractivity contribution < 1.29 is 19.6 Å². The molecule has 0 heterocycles. The van der Waals surface area contributed by atoms with Crippen LogP contribution in [0, 0.1) is 10.1 Å². The number of hydrogen-bond acceptors (Lipinski definition) is 5. The van der Waals surface area contributed by atoms with Gasteiger partial charge in [0, 0.05) is 11.3 Å². The molecular formula is C14H15NO5. The van der Waals surface area contributed by atoms with Crippen LogP contribution in [0.4, 0.5) is 0 Å². The zero-order valence-electron chi connectivity index (χ0n) is 11.0. The topological polar surface area (TPSA) is 89.7 Å². The second-order valence-corrected chi connectivity index (χ2v) is 4.64. The highest BCUT2D eigenvalue weighted by atomic mass is 16.6. The monoisotopic (exact) mass is 277 g/mol. The predicted octanol–water partition coefficient (Wildman–Crippen LogP) is 2.23. The lowest BCUT2D eigenvalue weighted by molar-refractivity contribution is -0.482. The number of ketones is 1. The number of aliphatic hydroxyl groups is 1. The molecule has 0 radical (unpaired) electrons. The Morgan fingerprint density at radius 2 is 2.00 bits per heavy atom. The third-order valence-electron chi connectivity index (χ3n) is 3.46. The van der Waals surface area contributed by atoms with Crippen molar-refractivity contribution >= 4 is 5.78 Å². The van der Waals surface area contributed by atoms with Gasteiger partial charge in [-0.15, -0.1) is 0 Å². The molecule has 2 rings (SSSR count). The molecule has 0 amide bonds. The SMILES string of the molecule is COc1ccc([C@@H](C[N+](=O)[O-])C2=C(O)C(=O)CC2)cc1. The lowest BCUT2D eigenvalue weighted by Crippen LogP contribution is -2.15. The summed E-state index contributed by atoms with van der Waals surface area (Å²) in [5.74, 6) is -0.591. The molecule has 0 saturated carbocycles. The minimum atomic E-state index is -0.581. The quantitative estimate of drug-likeness (QED) is 0.658. The number of benzene rings is 1. The number of allylic oxidation sites excluding steroid dienone is 1. The molecule has 0 spiro atoms. The van der Waals surface area contributed by atoms with E-state index in [4.69, 9.17) is 4.74 Å². The van der Waals surface area contributed by atoms with Gasteiger partial charge in [0.05, 0.1) is 13.0 Å². The summed E-state index contributed by atoms with van der Waals surface area (Å²) in [6.07, 6.45) is 0.584. The van der Waals surface area contributed by atoms with E-state index in [1.54, 1.807) is 24.3 Å². The van der Waals surface area contributed by atoms with Crippen molar-refractivity contribution in [1.82, 2.24) is 0 Å². The van der Waals surface area contributed by atoms with Crippen LogP contribution in [0.15, 0.2) is 35.6 Å². The molecule has 20 heavy (non-hydrogen) atoms. The molecule has 0 fully saturated rings. The molecule has 0 aliphatic heterocycles. The summed E-state index contributed by atoms with van der Waals surface area (Å²) in [6, 6.07) is 6.85. The summed E-state index contributed by atoms with van der Waals surface area (Å²) in [4.78, 5) is 21.8. The second-order valence-electron chi connectivity index (χ2n) is 4.64. The molecule has 106 valence electrons. The highest BCUT2D eigenvalue weighted by molar-refractivity contribution is 5.96. The Morgan fingerprint density at radius 3 is 2.45 bits per heavy atom. The van der Waals surface area contributed by atoms with E-state index in [2.05, 4.69) is 0 Å². The molecule has 0 aromatic heterocycles. The van der Waals surface area contributed by atoms with Crippen molar-refractivity contribution in [2.45, 2.75) is 18.8 Å². The highest BCUT2D eigenvalue weighted by Crippen LogP contribution is 2.35. The number of ether oxygens (including phenoxy) is 1. The van der Waals surface area contributed by atoms with Crippen LogP contribution in [0.25, 0.3) is 0 Å². The van der Waals surface area contributed by atoms with Crippen LogP contribution in [-0.4, -0.2) is 29.5 Å². The van der Waals surface area contributed by atoms with Crippen LogP contribution in [0.1, 0.15) is 24.3 Å². The van der Waals surface area contributed by atoms with Crippen molar-refractivity contribution in [3.63, 3.8) is 0 Å². The number of rotatable bonds is 5. The van der Waals surface area contributed by atoms with Gasteiger partial charge < -0.3 is 9.84 Å². The van der Waals surface area contributed by atoms with Crippen molar-refractivity contribution in [3.05, 3.63) is 51.3 Å². The van der Waals surface area contributed by atoms with Crippen LogP contribution in [0.3, 0.4) is 0 Å². The maximum atomic E-state index is 11.4. The lowest BCUT2D eigenvalue weighted by atomic mass is 9.90. The first-order valence-electron chi connectivity index (χ1n) is 6.24. The Balaban J connectivity index is 2.37. The van der Waals surface area contributed by atoms with Crippen LogP contribution in [0.2, 0.25) is 0 Å². The van der Waals surface area contributed by atoms with E-state index in [1.807, 2.05) is 0 Å². The van der Waals surface area contributed by atoms with Gasteiger partial charge in [0.2, 0.25) is 6.54 Å². The summed E-state index contributed by atoms with van der Waals surface area (Å²) in [6.45, 7) is -0.348. The smallest absolute Gasteiger partial charge is 0.214 e. The number of carbonyl (C=O) groups excluding carboxylic acids is 1. The number of hydrogen-bond donors (Lipinski definition) is 1. The van der Waals surface area contributed by atoms with Gasteiger partial charge in [0.1, 0.15) is 5.75 Å². The third-order valence-corrected chi connectivity index (χ3v) is 3.46. The van der Waals surface area contributed by atoms with Gasteiger partial charge in [0.15, 0.2) is 11.5 Å². The highest BCUT2D eigenvalue weighted by Gasteiger charge is 2.32. The number of methoxy groups -OCH3 is 1. The second kappa shape index (κ2) is 5.73. The predicted molar refractivity (Wildman–Crippen MR) is 71.5 cm³/mol. The zero-order chi connectivity index (χ0) is 14.7. The maximum Gasteiger partial charge on any atom is 0.214 e. The van der Waals surface area contributed by atoms with Crippen molar-refractivity contribution in [1.29, 1.82) is 0 Å². The first kappa shape index (κ1) is 14.0. The average molecular weight is 277 g/mol. The van der Waals surface area contributed by atoms with Crippen LogP contribution in [0.5, 0.6) is 5.75 Å². The van der Waals surface area contributed by atoms with E-state index in [1.165, 1.54) is 7.11 Å². The van der Waals surface area contributed by atoms with Crippen LogP contribution < -0.4 is 4.74 Å². The number of nitro groups is 1. The standard InChI is InChI=1S/C14H15NO5/c1-20-10-4-2-9(3-5-10)12(8-15(18)19)11-6-7-13(16)14(11)17/h2-5,12,17H,6-8H2,1H3/t12-/m1/s1. The Hall–Kier alpha value is -2.37. The fraction of sp³-hybridized carbons (Fsp3) is 0.357. The normalized spacial score (nSPS) is 16.4. The Kier molecular flexibility index (Phi) is 4.02. The first-order chi connectivity index (χ1) is 9.52. The summed E-state index contributed by atoms with van der Waals surface area (Å²) in [5.41, 5.74) is 1.15. The van der Waals surface area contributed by atoms with Gasteiger partial charge in [-0.25, -0.2) is 0 Å². The Bertz CT molecular complexity index is 561. The molecule has 1 aliphatic carbocycles.